The molecule has 8 heteroatoms. The minimum atomic E-state index is -4.97. The van der Waals surface area contributed by atoms with Crippen molar-refractivity contribution < 1.29 is 32.5 Å². The molecule has 5 nitrogen and oxygen atoms in total. The Bertz CT molecular complexity index is 323. The summed E-state index contributed by atoms with van der Waals surface area (Å²) in [6.07, 6.45) is -7.04. The first kappa shape index (κ1) is 15.2. The number of amides is 1. The number of aliphatic hydroxyl groups is 1. The van der Waals surface area contributed by atoms with Crippen LogP contribution in [-0.4, -0.2) is 48.3 Å². The number of nitrogens with one attached hydrogen (secondary N) is 1. The molecule has 0 saturated carbocycles. The van der Waals surface area contributed by atoms with Crippen molar-refractivity contribution in [2.75, 3.05) is 7.11 Å². The minimum absolute atomic E-state index is 0.170. The third-order valence-electron chi connectivity index (χ3n) is 3.30. The van der Waals surface area contributed by atoms with E-state index >= 15 is 0 Å². The Labute approximate surface area is 102 Å². The molecule has 1 saturated heterocycles. The molecule has 0 aromatic heterocycles. The predicted molar refractivity (Wildman–Crippen MR) is 54.6 cm³/mol. The van der Waals surface area contributed by atoms with Crippen molar-refractivity contribution in [3.8, 4) is 0 Å². The van der Waals surface area contributed by atoms with Gasteiger partial charge >= 0.3 is 12.1 Å². The first-order valence-electron chi connectivity index (χ1n) is 5.37. The third-order valence-corrected chi connectivity index (χ3v) is 3.30. The molecule has 106 valence electrons. The van der Waals surface area contributed by atoms with E-state index in [1.807, 2.05) is 5.32 Å². The summed E-state index contributed by atoms with van der Waals surface area (Å²) < 4.78 is 46.9. The largest absolute Gasteiger partial charge is 0.471 e. The van der Waals surface area contributed by atoms with Crippen LogP contribution in [0.25, 0.3) is 0 Å². The first-order chi connectivity index (χ1) is 8.11. The van der Waals surface area contributed by atoms with Crippen LogP contribution < -0.4 is 5.32 Å². The number of hydrogen-bond donors (Lipinski definition) is 2. The summed E-state index contributed by atoms with van der Waals surface area (Å²) in [5, 5.41) is 11.2. The van der Waals surface area contributed by atoms with E-state index < -0.39 is 36.1 Å². The predicted octanol–water partition coefficient (Wildman–Crippen LogP) is 0.566. The van der Waals surface area contributed by atoms with E-state index in [4.69, 9.17) is 9.47 Å². The lowest BCUT2D eigenvalue weighted by Crippen LogP contribution is -2.64. The second kappa shape index (κ2) is 5.02. The van der Waals surface area contributed by atoms with Gasteiger partial charge in [-0.05, 0) is 13.8 Å². The number of carbonyl (C=O) groups excluding carboxylic acids is 1. The van der Waals surface area contributed by atoms with Gasteiger partial charge in [-0.3, -0.25) is 4.79 Å². The van der Waals surface area contributed by atoms with Gasteiger partial charge in [-0.15, -0.1) is 0 Å². The molecule has 0 spiro atoms. The molecular weight excluding hydrogens is 255 g/mol. The molecule has 1 rings (SSSR count). The number of methoxy groups -OCH3 is 1. The van der Waals surface area contributed by atoms with Crippen molar-refractivity contribution in [2.24, 2.45) is 0 Å². The summed E-state index contributed by atoms with van der Waals surface area (Å²) in [6.45, 7) is 3.07. The second-order valence-electron chi connectivity index (χ2n) is 4.38. The highest BCUT2D eigenvalue weighted by atomic mass is 19.4. The number of alkyl halides is 3. The zero-order valence-corrected chi connectivity index (χ0v) is 10.2. The number of ether oxygens (including phenoxy) is 2. The summed E-state index contributed by atoms with van der Waals surface area (Å²) in [6, 6.07) is -0.990. The summed E-state index contributed by atoms with van der Waals surface area (Å²) in [5.41, 5.74) is -1.14. The molecule has 0 aromatic carbocycles. The lowest BCUT2D eigenvalue weighted by molar-refractivity contribution is -0.245. The molecule has 0 aliphatic carbocycles. The molecule has 0 aromatic rings. The van der Waals surface area contributed by atoms with Crippen molar-refractivity contribution in [1.82, 2.24) is 5.32 Å². The van der Waals surface area contributed by atoms with Gasteiger partial charge in [-0.2, -0.15) is 13.2 Å². The lowest BCUT2D eigenvalue weighted by atomic mass is 9.85. The molecule has 1 amide bonds. The van der Waals surface area contributed by atoms with Gasteiger partial charge in [0, 0.05) is 13.5 Å². The van der Waals surface area contributed by atoms with Crippen molar-refractivity contribution in [2.45, 2.75) is 50.5 Å². The van der Waals surface area contributed by atoms with Gasteiger partial charge in [0.05, 0.1) is 12.1 Å². The molecule has 1 aliphatic rings. The monoisotopic (exact) mass is 271 g/mol. The highest BCUT2D eigenvalue weighted by Crippen LogP contribution is 2.31. The maximum atomic E-state index is 12.2. The summed E-state index contributed by atoms with van der Waals surface area (Å²) in [5.74, 6) is -2.06. The number of halogens is 3. The summed E-state index contributed by atoms with van der Waals surface area (Å²) in [7, 11) is 1.31. The SMILES string of the molecule is CO[C@]1(C)[C@@H](NC(=O)C(F)(F)F)CC(O)O[C@H]1C. The maximum Gasteiger partial charge on any atom is 0.471 e. The Morgan fingerprint density at radius 1 is 1.56 bits per heavy atom. The summed E-state index contributed by atoms with van der Waals surface area (Å²) >= 11 is 0. The van der Waals surface area contributed by atoms with Crippen LogP contribution >= 0.6 is 0 Å². The molecule has 0 radical (unpaired) electrons. The molecule has 1 aliphatic heterocycles. The molecule has 18 heavy (non-hydrogen) atoms. The Hall–Kier alpha value is -0.860. The van der Waals surface area contributed by atoms with Crippen molar-refractivity contribution >= 4 is 5.91 Å². The van der Waals surface area contributed by atoms with Gasteiger partial charge in [0.25, 0.3) is 0 Å². The van der Waals surface area contributed by atoms with E-state index in [9.17, 15) is 23.1 Å². The molecule has 0 bridgehead atoms. The van der Waals surface area contributed by atoms with Crippen LogP contribution in [0.4, 0.5) is 13.2 Å². The van der Waals surface area contributed by atoms with E-state index in [1.165, 1.54) is 14.0 Å². The molecule has 1 unspecified atom stereocenters. The zero-order valence-electron chi connectivity index (χ0n) is 10.2. The fourth-order valence-corrected chi connectivity index (χ4v) is 1.90. The van der Waals surface area contributed by atoms with Crippen LogP contribution in [-0.2, 0) is 14.3 Å². The van der Waals surface area contributed by atoms with Gasteiger partial charge < -0.3 is 19.9 Å². The van der Waals surface area contributed by atoms with Gasteiger partial charge in [-0.1, -0.05) is 0 Å². The average Bonchev–Trinajstić information content (AvgIpc) is 2.23. The van der Waals surface area contributed by atoms with Gasteiger partial charge in [0.1, 0.15) is 5.60 Å². The average molecular weight is 271 g/mol. The van der Waals surface area contributed by atoms with Crippen molar-refractivity contribution in [3.05, 3.63) is 0 Å². The van der Waals surface area contributed by atoms with Gasteiger partial charge in [0.15, 0.2) is 6.29 Å². The van der Waals surface area contributed by atoms with Gasteiger partial charge in [0.2, 0.25) is 0 Å². The number of hydrogen-bond acceptors (Lipinski definition) is 4. The molecule has 1 fully saturated rings. The number of aliphatic hydroxyl groups excluding tert-OH is 1. The lowest BCUT2D eigenvalue weighted by Gasteiger charge is -2.46. The molecular formula is C10H16F3NO4. The Balaban J connectivity index is 2.86. The molecule has 1 heterocycles. The third kappa shape index (κ3) is 2.93. The van der Waals surface area contributed by atoms with Crippen LogP contribution in [0.1, 0.15) is 20.3 Å². The van der Waals surface area contributed by atoms with E-state index in [0.29, 0.717) is 0 Å². The Morgan fingerprint density at radius 3 is 2.56 bits per heavy atom. The van der Waals surface area contributed by atoms with Crippen LogP contribution in [0.2, 0.25) is 0 Å². The van der Waals surface area contributed by atoms with E-state index in [-0.39, 0.29) is 6.42 Å². The van der Waals surface area contributed by atoms with E-state index in [1.54, 1.807) is 6.92 Å². The van der Waals surface area contributed by atoms with E-state index in [0.717, 1.165) is 0 Å². The second-order valence-corrected chi connectivity index (χ2v) is 4.38. The fourth-order valence-electron chi connectivity index (χ4n) is 1.90. The zero-order chi connectivity index (χ0) is 14.1. The summed E-state index contributed by atoms with van der Waals surface area (Å²) in [4.78, 5) is 10.9. The van der Waals surface area contributed by atoms with Crippen molar-refractivity contribution in [3.63, 3.8) is 0 Å². The maximum absolute atomic E-state index is 12.2. The minimum Gasteiger partial charge on any atom is -0.374 e. The first-order valence-corrected chi connectivity index (χ1v) is 5.37. The Kier molecular flexibility index (Phi) is 4.24. The van der Waals surface area contributed by atoms with Crippen LogP contribution in [0.3, 0.4) is 0 Å². The van der Waals surface area contributed by atoms with Crippen LogP contribution in [0.5, 0.6) is 0 Å². The Morgan fingerprint density at radius 2 is 2.11 bits per heavy atom. The van der Waals surface area contributed by atoms with Crippen molar-refractivity contribution in [1.29, 1.82) is 0 Å². The van der Waals surface area contributed by atoms with Gasteiger partial charge in [-0.25, -0.2) is 0 Å². The topological polar surface area (TPSA) is 67.8 Å². The van der Waals surface area contributed by atoms with Crippen LogP contribution in [0, 0.1) is 0 Å². The van der Waals surface area contributed by atoms with Crippen LogP contribution in [0.15, 0.2) is 0 Å². The normalized spacial score (nSPS) is 37.4. The standard InChI is InChI=1S/C10H16F3NO4/c1-5-9(2,17-3)6(4-7(15)18-5)14-8(16)10(11,12)13/h5-7,15H,4H2,1-3H3,(H,14,16)/t5-,6-,7?,9-/m0/s1. The smallest absolute Gasteiger partial charge is 0.374 e. The highest BCUT2D eigenvalue weighted by molar-refractivity contribution is 5.82. The van der Waals surface area contributed by atoms with E-state index in [2.05, 4.69) is 0 Å². The fraction of sp³-hybridized carbons (Fsp3) is 0.900. The molecule has 4 atom stereocenters. The number of carbonyl (C=O) groups is 1. The molecule has 2 N–H and O–H groups in total. The quantitative estimate of drug-likeness (QED) is 0.770. The highest BCUT2D eigenvalue weighted by Gasteiger charge is 2.50. The number of rotatable bonds is 2.